The molecule has 1 unspecified atom stereocenters. The van der Waals surface area contributed by atoms with Crippen LogP contribution < -0.4 is 4.74 Å². The molecule has 0 aromatic heterocycles. The van der Waals surface area contributed by atoms with Gasteiger partial charge in [-0.3, -0.25) is 0 Å². The first-order valence-corrected chi connectivity index (χ1v) is 6.34. The number of ether oxygens (including phenoxy) is 1. The number of rotatable bonds is 4. The normalized spacial score (nSPS) is 12.2. The lowest BCUT2D eigenvalue weighted by atomic mass is 10.0. The molecule has 2 nitrogen and oxygen atoms in total. The second-order valence-corrected chi connectivity index (χ2v) is 4.75. The first kappa shape index (κ1) is 14.8. The van der Waals surface area contributed by atoms with E-state index in [0.717, 1.165) is 12.1 Å². The first-order valence-electron chi connectivity index (χ1n) is 5.96. The number of aliphatic hydroxyl groups is 1. The van der Waals surface area contributed by atoms with Gasteiger partial charge in [-0.25, -0.2) is 8.78 Å². The lowest BCUT2D eigenvalue weighted by Crippen LogP contribution is -2.04. The van der Waals surface area contributed by atoms with E-state index in [9.17, 15) is 13.9 Å². The summed E-state index contributed by atoms with van der Waals surface area (Å²) in [6, 6.07) is 8.10. The summed E-state index contributed by atoms with van der Waals surface area (Å²) < 4.78 is 31.4. The highest BCUT2D eigenvalue weighted by Crippen LogP contribution is 2.29. The maximum Gasteiger partial charge on any atom is 0.129 e. The summed E-state index contributed by atoms with van der Waals surface area (Å²) >= 11 is 6.04. The Bertz CT molecular complexity index is 617. The summed E-state index contributed by atoms with van der Waals surface area (Å²) in [6.45, 7) is 0. The summed E-state index contributed by atoms with van der Waals surface area (Å²) in [5.41, 5.74) is 0.696. The van der Waals surface area contributed by atoms with Gasteiger partial charge in [0.15, 0.2) is 0 Å². The predicted molar refractivity (Wildman–Crippen MR) is 73.0 cm³/mol. The van der Waals surface area contributed by atoms with Gasteiger partial charge in [0.1, 0.15) is 17.4 Å². The molecule has 0 aliphatic rings. The van der Waals surface area contributed by atoms with E-state index in [1.54, 1.807) is 18.2 Å². The molecule has 0 amide bonds. The molecule has 2 aromatic carbocycles. The third-order valence-electron chi connectivity index (χ3n) is 2.99. The first-order chi connectivity index (χ1) is 9.51. The van der Waals surface area contributed by atoms with Gasteiger partial charge in [-0.2, -0.15) is 0 Å². The Morgan fingerprint density at radius 1 is 1.20 bits per heavy atom. The summed E-state index contributed by atoms with van der Waals surface area (Å²) in [7, 11) is 1.51. The molecule has 2 aromatic rings. The van der Waals surface area contributed by atoms with Crippen LogP contribution in [0.1, 0.15) is 17.2 Å². The zero-order valence-electron chi connectivity index (χ0n) is 10.7. The van der Waals surface area contributed by atoms with Crippen molar-refractivity contribution in [1.82, 2.24) is 0 Å². The van der Waals surface area contributed by atoms with E-state index in [2.05, 4.69) is 0 Å². The van der Waals surface area contributed by atoms with Crippen LogP contribution in [-0.4, -0.2) is 12.2 Å². The Morgan fingerprint density at radius 2 is 1.95 bits per heavy atom. The Morgan fingerprint density at radius 3 is 2.55 bits per heavy atom. The SMILES string of the molecule is COc1ccc(C(O)Cc2ccc(F)cc2F)c(Cl)c1. The van der Waals surface area contributed by atoms with Crippen molar-refractivity contribution in [3.05, 3.63) is 64.2 Å². The van der Waals surface area contributed by atoms with Gasteiger partial charge in [-0.1, -0.05) is 23.7 Å². The molecule has 5 heteroatoms. The number of hydrogen-bond acceptors (Lipinski definition) is 2. The summed E-state index contributed by atoms with van der Waals surface area (Å²) in [6.07, 6.45) is -0.966. The molecule has 0 aliphatic heterocycles. The van der Waals surface area contributed by atoms with Crippen LogP contribution in [0.3, 0.4) is 0 Å². The molecule has 0 bridgehead atoms. The van der Waals surface area contributed by atoms with Crippen molar-refractivity contribution >= 4 is 11.6 Å². The van der Waals surface area contributed by atoms with Crippen molar-refractivity contribution in [2.24, 2.45) is 0 Å². The molecule has 0 radical (unpaired) electrons. The average Bonchev–Trinajstić information content (AvgIpc) is 2.41. The maximum absolute atomic E-state index is 13.5. The van der Waals surface area contributed by atoms with Gasteiger partial charge < -0.3 is 9.84 Å². The van der Waals surface area contributed by atoms with Gasteiger partial charge in [0, 0.05) is 12.5 Å². The minimum Gasteiger partial charge on any atom is -0.497 e. The Balaban J connectivity index is 2.21. The van der Waals surface area contributed by atoms with Crippen LogP contribution in [0.15, 0.2) is 36.4 Å². The highest BCUT2D eigenvalue weighted by atomic mass is 35.5. The minimum atomic E-state index is -0.978. The van der Waals surface area contributed by atoms with Crippen LogP contribution in [0.5, 0.6) is 5.75 Å². The largest absolute Gasteiger partial charge is 0.497 e. The highest BCUT2D eigenvalue weighted by Gasteiger charge is 2.15. The summed E-state index contributed by atoms with van der Waals surface area (Å²) in [5, 5.41) is 10.5. The molecule has 0 heterocycles. The van der Waals surface area contributed by atoms with Crippen molar-refractivity contribution in [2.75, 3.05) is 7.11 Å². The number of hydrogen-bond donors (Lipinski definition) is 1. The van der Waals surface area contributed by atoms with Crippen molar-refractivity contribution < 1.29 is 18.6 Å². The number of halogens is 3. The molecule has 106 valence electrons. The van der Waals surface area contributed by atoms with Gasteiger partial charge >= 0.3 is 0 Å². The van der Waals surface area contributed by atoms with Crippen molar-refractivity contribution in [3.63, 3.8) is 0 Å². The molecular weight excluding hydrogens is 286 g/mol. The second-order valence-electron chi connectivity index (χ2n) is 4.34. The lowest BCUT2D eigenvalue weighted by molar-refractivity contribution is 0.177. The Hall–Kier alpha value is -1.65. The molecule has 0 fully saturated rings. The van der Waals surface area contributed by atoms with E-state index in [1.807, 2.05) is 0 Å². The van der Waals surface area contributed by atoms with E-state index in [1.165, 1.54) is 13.2 Å². The van der Waals surface area contributed by atoms with Crippen LogP contribution >= 0.6 is 11.6 Å². The number of benzene rings is 2. The molecule has 0 saturated carbocycles. The van der Waals surface area contributed by atoms with E-state index in [0.29, 0.717) is 16.3 Å². The number of methoxy groups -OCH3 is 1. The molecular formula is C15H13ClF2O2. The van der Waals surface area contributed by atoms with Crippen molar-refractivity contribution in [3.8, 4) is 5.75 Å². The van der Waals surface area contributed by atoms with Crippen LogP contribution in [0.25, 0.3) is 0 Å². The quantitative estimate of drug-likeness (QED) is 0.927. The van der Waals surface area contributed by atoms with Gasteiger partial charge in [0.2, 0.25) is 0 Å². The van der Waals surface area contributed by atoms with Crippen LogP contribution in [-0.2, 0) is 6.42 Å². The minimum absolute atomic E-state index is 0.0121. The van der Waals surface area contributed by atoms with Gasteiger partial charge in [-0.05, 0) is 29.3 Å². The van der Waals surface area contributed by atoms with E-state index < -0.39 is 17.7 Å². The monoisotopic (exact) mass is 298 g/mol. The average molecular weight is 299 g/mol. The molecule has 0 aliphatic carbocycles. The summed E-state index contributed by atoms with van der Waals surface area (Å²) in [4.78, 5) is 0. The lowest BCUT2D eigenvalue weighted by Gasteiger charge is -2.14. The standard InChI is InChI=1S/C15H13ClF2O2/c1-20-11-4-5-12(13(16)8-11)15(19)6-9-2-3-10(17)7-14(9)18/h2-5,7-8,15,19H,6H2,1H3. The molecule has 0 spiro atoms. The fraction of sp³-hybridized carbons (Fsp3) is 0.200. The third kappa shape index (κ3) is 3.26. The molecule has 1 atom stereocenters. The topological polar surface area (TPSA) is 29.5 Å². The number of aliphatic hydroxyl groups excluding tert-OH is 1. The molecule has 2 rings (SSSR count). The van der Waals surface area contributed by atoms with E-state index in [4.69, 9.17) is 16.3 Å². The van der Waals surface area contributed by atoms with Gasteiger partial charge in [0.05, 0.1) is 18.2 Å². The fourth-order valence-electron chi connectivity index (χ4n) is 1.91. The molecule has 1 N–H and O–H groups in total. The van der Waals surface area contributed by atoms with Crippen LogP contribution in [0.4, 0.5) is 8.78 Å². The fourth-order valence-corrected chi connectivity index (χ4v) is 2.21. The maximum atomic E-state index is 13.5. The van der Waals surface area contributed by atoms with Gasteiger partial charge in [0.25, 0.3) is 0 Å². The molecule has 0 saturated heterocycles. The second kappa shape index (κ2) is 6.20. The van der Waals surface area contributed by atoms with E-state index in [-0.39, 0.29) is 12.0 Å². The van der Waals surface area contributed by atoms with Crippen LogP contribution in [0.2, 0.25) is 5.02 Å². The van der Waals surface area contributed by atoms with Crippen molar-refractivity contribution in [2.45, 2.75) is 12.5 Å². The summed E-state index contributed by atoms with van der Waals surface area (Å²) in [5.74, 6) is -0.768. The van der Waals surface area contributed by atoms with Crippen LogP contribution in [0, 0.1) is 11.6 Å². The third-order valence-corrected chi connectivity index (χ3v) is 3.32. The highest BCUT2D eigenvalue weighted by molar-refractivity contribution is 6.31. The smallest absolute Gasteiger partial charge is 0.129 e. The van der Waals surface area contributed by atoms with Gasteiger partial charge in [-0.15, -0.1) is 0 Å². The van der Waals surface area contributed by atoms with Crippen molar-refractivity contribution in [1.29, 1.82) is 0 Å². The molecule has 20 heavy (non-hydrogen) atoms. The Kier molecular flexibility index (Phi) is 4.57. The zero-order valence-corrected chi connectivity index (χ0v) is 11.5. The Labute approximate surface area is 120 Å². The zero-order chi connectivity index (χ0) is 14.7. The van der Waals surface area contributed by atoms with E-state index >= 15 is 0 Å². The predicted octanol–water partition coefficient (Wildman–Crippen LogP) is 3.90.